The van der Waals surface area contributed by atoms with Crippen LogP contribution in [-0.2, 0) is 0 Å². The highest BCUT2D eigenvalue weighted by Gasteiger charge is 2.31. The second kappa shape index (κ2) is 5.41. The third-order valence-corrected chi connectivity index (χ3v) is 5.03. The van der Waals surface area contributed by atoms with Crippen LogP contribution in [0, 0.1) is 11.7 Å². The van der Waals surface area contributed by atoms with Crippen molar-refractivity contribution < 1.29 is 4.39 Å². The maximum absolute atomic E-state index is 14.6. The Balaban J connectivity index is 1.86. The third kappa shape index (κ3) is 2.41. The minimum absolute atomic E-state index is 0.0333. The van der Waals surface area contributed by atoms with Crippen molar-refractivity contribution in [3.05, 3.63) is 32.7 Å². The minimum atomic E-state index is -0.597. The molecule has 2 aliphatic rings. The molecule has 24 heavy (non-hydrogen) atoms. The largest absolute Gasteiger partial charge is 0.354 e. The lowest BCUT2D eigenvalue weighted by atomic mass is 10.0. The van der Waals surface area contributed by atoms with Gasteiger partial charge in [0.15, 0.2) is 17.3 Å². The smallest absolute Gasteiger partial charge is 0.330 e. The molecule has 0 amide bonds. The number of aromatic amines is 1. The van der Waals surface area contributed by atoms with Gasteiger partial charge in [0.05, 0.1) is 5.39 Å². The van der Waals surface area contributed by atoms with E-state index in [0.29, 0.717) is 13.1 Å². The van der Waals surface area contributed by atoms with Gasteiger partial charge < -0.3 is 10.6 Å². The molecule has 2 atom stereocenters. The summed E-state index contributed by atoms with van der Waals surface area (Å²) in [4.78, 5) is 32.6. The lowest BCUT2D eigenvalue weighted by molar-refractivity contribution is 0.487. The molecule has 3 heterocycles. The van der Waals surface area contributed by atoms with Crippen LogP contribution in [0.3, 0.4) is 0 Å². The molecular formula is C16H20FN5O2. The van der Waals surface area contributed by atoms with Gasteiger partial charge in [-0.05, 0) is 38.2 Å². The van der Waals surface area contributed by atoms with Crippen molar-refractivity contribution in [1.29, 1.82) is 0 Å². The van der Waals surface area contributed by atoms with E-state index in [0.717, 1.165) is 19.3 Å². The molecule has 1 saturated carbocycles. The standard InChI is InChI=1S/C16H20FN5O2/c1-8(18)9-4-5-21(7-9)14-12(17)6-11-13(19-14)22(10-2-3-10)16(24)20-15(11)23/h6,8-10H,2-5,7,18H2,1H3,(H,20,23,24). The molecule has 1 aliphatic heterocycles. The van der Waals surface area contributed by atoms with E-state index in [-0.39, 0.29) is 34.9 Å². The van der Waals surface area contributed by atoms with E-state index >= 15 is 0 Å². The summed E-state index contributed by atoms with van der Waals surface area (Å²) in [7, 11) is 0. The van der Waals surface area contributed by atoms with E-state index in [9.17, 15) is 14.0 Å². The number of nitrogens with zero attached hydrogens (tertiary/aromatic N) is 3. The fourth-order valence-electron chi connectivity index (χ4n) is 3.44. The van der Waals surface area contributed by atoms with E-state index in [2.05, 4.69) is 9.97 Å². The number of anilines is 1. The van der Waals surface area contributed by atoms with Crippen LogP contribution in [0.25, 0.3) is 11.0 Å². The quantitative estimate of drug-likeness (QED) is 0.863. The molecule has 8 heteroatoms. The highest BCUT2D eigenvalue weighted by Crippen LogP contribution is 2.35. The molecule has 2 unspecified atom stereocenters. The Morgan fingerprint density at radius 1 is 1.38 bits per heavy atom. The molecule has 0 spiro atoms. The summed E-state index contributed by atoms with van der Waals surface area (Å²) < 4.78 is 16.0. The summed E-state index contributed by atoms with van der Waals surface area (Å²) in [5.41, 5.74) is 5.14. The number of halogens is 1. The van der Waals surface area contributed by atoms with Crippen molar-refractivity contribution in [2.75, 3.05) is 18.0 Å². The molecule has 7 nitrogen and oxygen atoms in total. The molecule has 2 aromatic rings. The topological polar surface area (TPSA) is 97.0 Å². The van der Waals surface area contributed by atoms with Crippen LogP contribution in [0.2, 0.25) is 0 Å². The third-order valence-electron chi connectivity index (χ3n) is 5.03. The number of pyridine rings is 1. The van der Waals surface area contributed by atoms with Crippen LogP contribution >= 0.6 is 0 Å². The molecule has 3 N–H and O–H groups in total. The Bertz CT molecular complexity index is 915. The van der Waals surface area contributed by atoms with Crippen LogP contribution in [0.4, 0.5) is 10.2 Å². The van der Waals surface area contributed by atoms with Crippen molar-refractivity contribution in [2.45, 2.75) is 38.3 Å². The van der Waals surface area contributed by atoms with Crippen molar-refractivity contribution in [3.8, 4) is 0 Å². The molecule has 2 fully saturated rings. The summed E-state index contributed by atoms with van der Waals surface area (Å²) in [5.74, 6) is -0.0592. The molecule has 1 aliphatic carbocycles. The Hall–Kier alpha value is -2.22. The number of H-pyrrole nitrogens is 1. The van der Waals surface area contributed by atoms with Gasteiger partial charge >= 0.3 is 5.69 Å². The second-order valence-corrected chi connectivity index (χ2v) is 6.88. The van der Waals surface area contributed by atoms with Crippen molar-refractivity contribution in [3.63, 3.8) is 0 Å². The van der Waals surface area contributed by atoms with E-state index in [4.69, 9.17) is 5.73 Å². The zero-order chi connectivity index (χ0) is 17.0. The van der Waals surface area contributed by atoms with Gasteiger partial charge in [-0.3, -0.25) is 14.3 Å². The first kappa shape index (κ1) is 15.3. The van der Waals surface area contributed by atoms with E-state index in [1.165, 1.54) is 10.6 Å². The van der Waals surface area contributed by atoms with Gasteiger partial charge in [0, 0.05) is 25.2 Å². The molecule has 1 saturated heterocycles. The minimum Gasteiger partial charge on any atom is -0.354 e. The van der Waals surface area contributed by atoms with Gasteiger partial charge in [-0.15, -0.1) is 0 Å². The Morgan fingerprint density at radius 3 is 2.75 bits per heavy atom. The second-order valence-electron chi connectivity index (χ2n) is 6.88. The Morgan fingerprint density at radius 2 is 2.12 bits per heavy atom. The number of fused-ring (bicyclic) bond motifs is 1. The van der Waals surface area contributed by atoms with Gasteiger partial charge in [-0.2, -0.15) is 0 Å². The van der Waals surface area contributed by atoms with Crippen LogP contribution in [0.5, 0.6) is 0 Å². The SMILES string of the molecule is CC(N)C1CCN(c2nc3c(cc2F)c(=O)[nH]c(=O)n3C2CC2)C1. The fraction of sp³-hybridized carbons (Fsp3) is 0.562. The predicted molar refractivity (Wildman–Crippen MR) is 88.8 cm³/mol. The number of hydrogen-bond acceptors (Lipinski definition) is 5. The zero-order valence-electron chi connectivity index (χ0n) is 13.5. The van der Waals surface area contributed by atoms with E-state index in [1.807, 2.05) is 11.8 Å². The zero-order valence-corrected chi connectivity index (χ0v) is 13.5. The first-order valence-electron chi connectivity index (χ1n) is 8.31. The maximum atomic E-state index is 14.6. The lowest BCUT2D eigenvalue weighted by Gasteiger charge is -2.20. The average Bonchev–Trinajstić information content (AvgIpc) is 3.22. The first-order valence-corrected chi connectivity index (χ1v) is 8.31. The fourth-order valence-corrected chi connectivity index (χ4v) is 3.44. The van der Waals surface area contributed by atoms with Gasteiger partial charge in [-0.25, -0.2) is 14.2 Å². The van der Waals surface area contributed by atoms with Crippen LogP contribution in [0.1, 0.15) is 32.2 Å². The summed E-state index contributed by atoms with van der Waals surface area (Å²) in [6, 6.07) is 1.26. The number of nitrogens with two attached hydrogens (primary N) is 1. The number of rotatable bonds is 3. The van der Waals surface area contributed by atoms with Crippen LogP contribution < -0.4 is 21.9 Å². The molecule has 0 radical (unpaired) electrons. The number of aromatic nitrogens is 3. The predicted octanol–water partition coefficient (Wildman–Crippen LogP) is 0.732. The monoisotopic (exact) mass is 333 g/mol. The number of hydrogen-bond donors (Lipinski definition) is 2. The normalized spacial score (nSPS) is 22.3. The molecule has 4 rings (SSSR count). The molecule has 0 aromatic carbocycles. The molecule has 2 aromatic heterocycles. The lowest BCUT2D eigenvalue weighted by Crippen LogP contribution is -2.32. The maximum Gasteiger partial charge on any atom is 0.330 e. The summed E-state index contributed by atoms with van der Waals surface area (Å²) in [5, 5.41) is 0.116. The van der Waals surface area contributed by atoms with Gasteiger partial charge in [-0.1, -0.05) is 0 Å². The first-order chi connectivity index (χ1) is 11.5. The van der Waals surface area contributed by atoms with Gasteiger partial charge in [0.1, 0.15) is 0 Å². The van der Waals surface area contributed by atoms with Gasteiger partial charge in [0.25, 0.3) is 5.56 Å². The van der Waals surface area contributed by atoms with Crippen molar-refractivity contribution >= 4 is 16.9 Å². The average molecular weight is 333 g/mol. The highest BCUT2D eigenvalue weighted by molar-refractivity contribution is 5.76. The summed E-state index contributed by atoms with van der Waals surface area (Å²) >= 11 is 0. The summed E-state index contributed by atoms with van der Waals surface area (Å²) in [6.07, 6.45) is 2.61. The van der Waals surface area contributed by atoms with Crippen molar-refractivity contribution in [1.82, 2.24) is 14.5 Å². The van der Waals surface area contributed by atoms with E-state index in [1.54, 1.807) is 0 Å². The van der Waals surface area contributed by atoms with E-state index < -0.39 is 17.1 Å². The van der Waals surface area contributed by atoms with Crippen LogP contribution in [-0.4, -0.2) is 33.7 Å². The Kier molecular flexibility index (Phi) is 3.45. The Labute approximate surface area is 137 Å². The van der Waals surface area contributed by atoms with Gasteiger partial charge in [0.2, 0.25) is 0 Å². The van der Waals surface area contributed by atoms with Crippen molar-refractivity contribution in [2.24, 2.45) is 11.7 Å². The van der Waals surface area contributed by atoms with Crippen LogP contribution in [0.15, 0.2) is 15.7 Å². The highest BCUT2D eigenvalue weighted by atomic mass is 19.1. The molecule has 0 bridgehead atoms. The summed E-state index contributed by atoms with van der Waals surface area (Å²) in [6.45, 7) is 3.24. The number of nitrogens with one attached hydrogen (secondary N) is 1. The molecule has 128 valence electrons. The molecular weight excluding hydrogens is 313 g/mol.